The van der Waals surface area contributed by atoms with Crippen LogP contribution >= 0.6 is 23.3 Å². The lowest BCUT2D eigenvalue weighted by Crippen LogP contribution is -1.93. The molecule has 1 fully saturated rings. The van der Waals surface area contributed by atoms with E-state index in [4.69, 9.17) is 0 Å². The molecule has 0 saturated heterocycles. The van der Waals surface area contributed by atoms with E-state index in [-0.39, 0.29) is 0 Å². The van der Waals surface area contributed by atoms with Gasteiger partial charge in [0.1, 0.15) is 0 Å². The van der Waals surface area contributed by atoms with Gasteiger partial charge in [-0.25, -0.2) is 0 Å². The molecule has 2 aromatic heterocycles. The Kier molecular flexibility index (Phi) is 8.22. The first kappa shape index (κ1) is 24.7. The van der Waals surface area contributed by atoms with E-state index in [2.05, 4.69) is 71.7 Å². The van der Waals surface area contributed by atoms with Crippen molar-refractivity contribution in [2.75, 3.05) is 7.05 Å². The zero-order valence-electron chi connectivity index (χ0n) is 20.0. The van der Waals surface area contributed by atoms with Gasteiger partial charge in [0.05, 0.1) is 11.8 Å². The van der Waals surface area contributed by atoms with Gasteiger partial charge in [-0.2, -0.15) is 0 Å². The largest absolute Gasteiger partial charge is 0.389 e. The van der Waals surface area contributed by atoms with Gasteiger partial charge in [0.2, 0.25) is 0 Å². The minimum atomic E-state index is -0.501. The van der Waals surface area contributed by atoms with Gasteiger partial charge in [-0.3, -0.25) is 9.71 Å². The molecular formula is C29H32N2OS2. The topological polar surface area (TPSA) is 45.2 Å². The number of allylic oxidation sites excluding steroid dienone is 1. The molecule has 0 amide bonds. The summed E-state index contributed by atoms with van der Waals surface area (Å²) >= 11 is 3.66. The van der Waals surface area contributed by atoms with Crippen molar-refractivity contribution in [3.8, 4) is 11.3 Å². The van der Waals surface area contributed by atoms with Gasteiger partial charge in [-0.05, 0) is 74.0 Å². The summed E-state index contributed by atoms with van der Waals surface area (Å²) in [5.41, 5.74) is 6.53. The van der Waals surface area contributed by atoms with Crippen LogP contribution in [0.25, 0.3) is 26.9 Å². The van der Waals surface area contributed by atoms with Crippen molar-refractivity contribution >= 4 is 38.9 Å². The average molecular weight is 489 g/mol. The molecule has 34 heavy (non-hydrogen) atoms. The monoisotopic (exact) mass is 488 g/mol. The summed E-state index contributed by atoms with van der Waals surface area (Å²) in [7, 11) is 1.98. The second-order valence-electron chi connectivity index (χ2n) is 8.72. The lowest BCUT2D eigenvalue weighted by atomic mass is 9.99. The number of hydrogen-bond acceptors (Lipinski definition) is 5. The molecule has 4 aromatic rings. The number of benzene rings is 2. The standard InChI is InChI=1S/C25H23NOS.C4H9NS/c1-16(2)22-9-5-4-7-19(22)13-21-14-20-8-6-10-23(25(20)28-21)24-15-18(17(3)27)11-12-26-24;1-5-6-4-2-3-4/h4-12,14-15,17,27H,1,13H2,2-3H3;4-5H,2-3H2,1H3. The van der Waals surface area contributed by atoms with Gasteiger partial charge in [-0.1, -0.05) is 66.6 Å². The number of nitrogens with one attached hydrogen (secondary N) is 1. The van der Waals surface area contributed by atoms with Gasteiger partial charge >= 0.3 is 0 Å². The molecule has 2 heterocycles. The van der Waals surface area contributed by atoms with Crippen LogP contribution in [0.15, 0.2) is 73.4 Å². The fourth-order valence-electron chi connectivity index (χ4n) is 3.89. The molecule has 3 nitrogen and oxygen atoms in total. The van der Waals surface area contributed by atoms with Crippen LogP contribution in [0.2, 0.25) is 0 Å². The Morgan fingerprint density at radius 1 is 1.18 bits per heavy atom. The van der Waals surface area contributed by atoms with Crippen molar-refractivity contribution in [3.05, 3.63) is 95.0 Å². The molecule has 0 radical (unpaired) electrons. The van der Waals surface area contributed by atoms with E-state index in [0.717, 1.165) is 34.1 Å². The van der Waals surface area contributed by atoms with Gasteiger partial charge in [0.25, 0.3) is 0 Å². The Morgan fingerprint density at radius 3 is 2.65 bits per heavy atom. The third kappa shape index (κ3) is 6.16. The molecule has 176 valence electrons. The molecule has 1 unspecified atom stereocenters. The van der Waals surface area contributed by atoms with E-state index in [9.17, 15) is 5.11 Å². The van der Waals surface area contributed by atoms with E-state index in [1.807, 2.05) is 42.5 Å². The molecule has 2 aromatic carbocycles. The summed E-state index contributed by atoms with van der Waals surface area (Å²) in [6, 6.07) is 20.9. The zero-order valence-corrected chi connectivity index (χ0v) is 21.7. The van der Waals surface area contributed by atoms with Crippen LogP contribution < -0.4 is 4.72 Å². The normalized spacial score (nSPS) is 13.9. The molecule has 0 bridgehead atoms. The highest BCUT2D eigenvalue weighted by atomic mass is 32.2. The Hall–Kier alpha value is -2.44. The van der Waals surface area contributed by atoms with E-state index >= 15 is 0 Å². The number of fused-ring (bicyclic) bond motifs is 1. The molecule has 0 aliphatic heterocycles. The fraction of sp³-hybridized carbons (Fsp3) is 0.276. The van der Waals surface area contributed by atoms with Crippen LogP contribution in [0.3, 0.4) is 0 Å². The number of thiophene rings is 1. The molecule has 5 heteroatoms. The number of rotatable bonds is 7. The maximum Gasteiger partial charge on any atom is 0.0763 e. The first-order valence-electron chi connectivity index (χ1n) is 11.7. The molecule has 1 aliphatic rings. The average Bonchev–Trinajstić information content (AvgIpc) is 3.56. The molecular weight excluding hydrogens is 456 g/mol. The van der Waals surface area contributed by atoms with Crippen LogP contribution in [-0.2, 0) is 6.42 Å². The third-order valence-electron chi connectivity index (χ3n) is 5.79. The fourth-order valence-corrected chi connectivity index (χ4v) is 5.80. The Labute approximate surface area is 211 Å². The highest BCUT2D eigenvalue weighted by Crippen LogP contribution is 2.36. The summed E-state index contributed by atoms with van der Waals surface area (Å²) < 4.78 is 4.28. The number of hydrogen-bond donors (Lipinski definition) is 2. The van der Waals surface area contributed by atoms with Crippen molar-refractivity contribution in [1.29, 1.82) is 0 Å². The number of aliphatic hydroxyl groups is 1. The van der Waals surface area contributed by atoms with Crippen LogP contribution in [0.4, 0.5) is 0 Å². The summed E-state index contributed by atoms with van der Waals surface area (Å²) in [5, 5.41) is 12.1. The Bertz CT molecular complexity index is 1270. The van der Waals surface area contributed by atoms with Crippen molar-refractivity contribution in [1.82, 2.24) is 9.71 Å². The Balaban J connectivity index is 0.000000398. The predicted molar refractivity (Wildman–Crippen MR) is 149 cm³/mol. The minimum Gasteiger partial charge on any atom is -0.389 e. The third-order valence-corrected chi connectivity index (χ3v) is 8.01. The lowest BCUT2D eigenvalue weighted by Gasteiger charge is -2.08. The van der Waals surface area contributed by atoms with E-state index in [1.165, 1.54) is 38.9 Å². The predicted octanol–water partition coefficient (Wildman–Crippen LogP) is 7.66. The number of aliphatic hydroxyl groups excluding tert-OH is 1. The second kappa shape index (κ2) is 11.3. The Morgan fingerprint density at radius 2 is 1.97 bits per heavy atom. The second-order valence-corrected chi connectivity index (χ2v) is 11.2. The highest BCUT2D eigenvalue weighted by Gasteiger charge is 2.20. The van der Waals surface area contributed by atoms with Crippen LogP contribution in [0, 0.1) is 0 Å². The van der Waals surface area contributed by atoms with Gasteiger partial charge in [-0.15, -0.1) is 11.3 Å². The summed E-state index contributed by atoms with van der Waals surface area (Å²) in [5.74, 6) is 0. The minimum absolute atomic E-state index is 0.501. The van der Waals surface area contributed by atoms with Gasteiger partial charge in [0, 0.05) is 33.0 Å². The quantitative estimate of drug-likeness (QED) is 0.262. The van der Waals surface area contributed by atoms with Crippen LogP contribution in [-0.4, -0.2) is 22.4 Å². The smallest absolute Gasteiger partial charge is 0.0763 e. The summed E-state index contributed by atoms with van der Waals surface area (Å²) in [6.07, 6.45) is 5.01. The van der Waals surface area contributed by atoms with Gasteiger partial charge < -0.3 is 5.11 Å². The first-order valence-corrected chi connectivity index (χ1v) is 13.4. The molecule has 2 N–H and O–H groups in total. The van der Waals surface area contributed by atoms with Crippen molar-refractivity contribution < 1.29 is 5.11 Å². The summed E-state index contributed by atoms with van der Waals surface area (Å²) in [6.45, 7) is 7.96. The number of nitrogens with zero attached hydrogens (tertiary/aromatic N) is 1. The van der Waals surface area contributed by atoms with E-state index in [0.29, 0.717) is 0 Å². The maximum atomic E-state index is 9.92. The van der Waals surface area contributed by atoms with Crippen molar-refractivity contribution in [3.63, 3.8) is 0 Å². The van der Waals surface area contributed by atoms with Gasteiger partial charge in [0.15, 0.2) is 0 Å². The van der Waals surface area contributed by atoms with E-state index < -0.39 is 6.10 Å². The highest BCUT2D eigenvalue weighted by molar-refractivity contribution is 7.98. The van der Waals surface area contributed by atoms with Crippen molar-refractivity contribution in [2.24, 2.45) is 0 Å². The number of pyridine rings is 1. The number of aromatic nitrogens is 1. The molecule has 0 spiro atoms. The maximum absolute atomic E-state index is 9.92. The SMILES string of the molecule is C=C(C)c1ccccc1Cc1cc2cccc(-c3cc(C(C)O)ccn3)c2s1.CNSC1CC1. The first-order chi connectivity index (χ1) is 16.5. The molecule has 1 aliphatic carbocycles. The summed E-state index contributed by atoms with van der Waals surface area (Å²) in [4.78, 5) is 5.88. The van der Waals surface area contributed by atoms with Crippen LogP contribution in [0.1, 0.15) is 54.4 Å². The molecule has 5 rings (SSSR count). The zero-order chi connectivity index (χ0) is 24.1. The van der Waals surface area contributed by atoms with Crippen LogP contribution in [0.5, 0.6) is 0 Å². The molecule has 1 atom stereocenters. The van der Waals surface area contributed by atoms with E-state index in [1.54, 1.807) is 13.1 Å². The van der Waals surface area contributed by atoms with Crippen molar-refractivity contribution in [2.45, 2.75) is 44.5 Å². The molecule has 1 saturated carbocycles. The lowest BCUT2D eigenvalue weighted by molar-refractivity contribution is 0.199.